The largest absolute Gasteiger partial charge is 0.447 e. The maximum Gasteiger partial charge on any atom is 0.265 e. The Balaban J connectivity index is 1.96. The molecular formula is C10H11NO2. The lowest BCUT2D eigenvalue weighted by Gasteiger charge is -2.20. The van der Waals surface area contributed by atoms with Gasteiger partial charge in [-0.15, -0.1) is 0 Å². The van der Waals surface area contributed by atoms with E-state index in [0.717, 1.165) is 31.0 Å². The second kappa shape index (κ2) is 2.39. The van der Waals surface area contributed by atoms with Crippen molar-refractivity contribution in [3.05, 3.63) is 24.3 Å². The molecule has 0 amide bonds. The summed E-state index contributed by atoms with van der Waals surface area (Å²) in [6.45, 7) is 1.75. The molecule has 0 aromatic heterocycles. The Labute approximate surface area is 76.7 Å². The Morgan fingerprint density at radius 2 is 1.85 bits per heavy atom. The topological polar surface area (TPSA) is 30.5 Å². The fourth-order valence-electron chi connectivity index (χ4n) is 1.86. The van der Waals surface area contributed by atoms with Crippen molar-refractivity contribution >= 4 is 0 Å². The highest BCUT2D eigenvalue weighted by Gasteiger charge is 2.43. The van der Waals surface area contributed by atoms with Gasteiger partial charge in [0.05, 0.1) is 6.54 Å². The molecule has 2 heterocycles. The van der Waals surface area contributed by atoms with Crippen LogP contribution in [-0.4, -0.2) is 18.9 Å². The second-order valence-electron chi connectivity index (χ2n) is 3.49. The van der Waals surface area contributed by atoms with Crippen LogP contribution in [0.3, 0.4) is 0 Å². The zero-order chi connectivity index (χ0) is 8.73. The van der Waals surface area contributed by atoms with Crippen LogP contribution in [0.15, 0.2) is 24.3 Å². The zero-order valence-electron chi connectivity index (χ0n) is 7.25. The van der Waals surface area contributed by atoms with Crippen LogP contribution in [0.2, 0.25) is 0 Å². The van der Waals surface area contributed by atoms with Crippen LogP contribution in [-0.2, 0) is 0 Å². The minimum absolute atomic E-state index is 0.413. The molecule has 0 saturated carbocycles. The first kappa shape index (κ1) is 7.21. The lowest BCUT2D eigenvalue weighted by Crippen LogP contribution is -2.40. The summed E-state index contributed by atoms with van der Waals surface area (Å²) < 4.78 is 11.5. The van der Waals surface area contributed by atoms with E-state index in [2.05, 4.69) is 5.32 Å². The quantitative estimate of drug-likeness (QED) is 0.644. The Morgan fingerprint density at radius 1 is 1.15 bits per heavy atom. The van der Waals surface area contributed by atoms with Crippen LogP contribution in [0.25, 0.3) is 0 Å². The predicted octanol–water partition coefficient (Wildman–Crippen LogP) is 1.15. The molecule has 3 nitrogen and oxygen atoms in total. The molecule has 0 radical (unpaired) electrons. The third-order valence-electron chi connectivity index (χ3n) is 2.52. The van der Waals surface area contributed by atoms with Gasteiger partial charge in [0, 0.05) is 13.0 Å². The van der Waals surface area contributed by atoms with Crippen LogP contribution in [0.4, 0.5) is 0 Å². The molecule has 1 N–H and O–H groups in total. The summed E-state index contributed by atoms with van der Waals surface area (Å²) in [6, 6.07) is 7.82. The molecule has 68 valence electrons. The number of ether oxygens (including phenoxy) is 2. The van der Waals surface area contributed by atoms with Gasteiger partial charge in [0.2, 0.25) is 0 Å². The van der Waals surface area contributed by atoms with Crippen LogP contribution in [0.5, 0.6) is 11.5 Å². The summed E-state index contributed by atoms with van der Waals surface area (Å²) in [7, 11) is 0. The smallest absolute Gasteiger partial charge is 0.265 e. The first-order chi connectivity index (χ1) is 6.38. The monoisotopic (exact) mass is 177 g/mol. The first-order valence-electron chi connectivity index (χ1n) is 4.56. The Morgan fingerprint density at radius 3 is 2.38 bits per heavy atom. The summed E-state index contributed by atoms with van der Waals surface area (Å²) in [5, 5.41) is 3.24. The molecule has 0 atom stereocenters. The molecule has 0 unspecified atom stereocenters. The van der Waals surface area contributed by atoms with E-state index < -0.39 is 5.79 Å². The molecule has 1 fully saturated rings. The van der Waals surface area contributed by atoms with Gasteiger partial charge >= 0.3 is 0 Å². The SMILES string of the molecule is c1ccc2c(c1)OC1(CCNC1)O2. The van der Waals surface area contributed by atoms with Crippen molar-refractivity contribution in [1.29, 1.82) is 0 Å². The van der Waals surface area contributed by atoms with Gasteiger partial charge < -0.3 is 14.8 Å². The van der Waals surface area contributed by atoms with E-state index in [1.165, 1.54) is 0 Å². The van der Waals surface area contributed by atoms with E-state index in [1.807, 2.05) is 24.3 Å². The van der Waals surface area contributed by atoms with Crippen molar-refractivity contribution < 1.29 is 9.47 Å². The molecule has 1 spiro atoms. The van der Waals surface area contributed by atoms with Crippen molar-refractivity contribution in [2.75, 3.05) is 13.1 Å². The second-order valence-corrected chi connectivity index (χ2v) is 3.49. The predicted molar refractivity (Wildman–Crippen MR) is 47.9 cm³/mol. The van der Waals surface area contributed by atoms with Gasteiger partial charge in [-0.1, -0.05) is 12.1 Å². The van der Waals surface area contributed by atoms with Crippen molar-refractivity contribution in [3.8, 4) is 11.5 Å². The number of nitrogens with one attached hydrogen (secondary N) is 1. The molecule has 2 aliphatic heterocycles. The van der Waals surface area contributed by atoms with Gasteiger partial charge in [0.25, 0.3) is 5.79 Å². The van der Waals surface area contributed by atoms with E-state index in [4.69, 9.17) is 9.47 Å². The average Bonchev–Trinajstić information content (AvgIpc) is 2.72. The molecule has 1 saturated heterocycles. The molecule has 1 aromatic carbocycles. The average molecular weight is 177 g/mol. The van der Waals surface area contributed by atoms with Crippen molar-refractivity contribution in [1.82, 2.24) is 5.32 Å². The lowest BCUT2D eigenvalue weighted by molar-refractivity contribution is -0.0593. The van der Waals surface area contributed by atoms with Gasteiger partial charge in [-0.2, -0.15) is 0 Å². The molecule has 0 bridgehead atoms. The Hall–Kier alpha value is -1.22. The first-order valence-corrected chi connectivity index (χ1v) is 4.56. The summed E-state index contributed by atoms with van der Waals surface area (Å²) >= 11 is 0. The fraction of sp³-hybridized carbons (Fsp3) is 0.400. The maximum absolute atomic E-state index is 5.77. The fourth-order valence-corrected chi connectivity index (χ4v) is 1.86. The molecule has 13 heavy (non-hydrogen) atoms. The van der Waals surface area contributed by atoms with Gasteiger partial charge in [-0.3, -0.25) is 0 Å². The Bertz CT molecular complexity index is 304. The zero-order valence-corrected chi connectivity index (χ0v) is 7.25. The van der Waals surface area contributed by atoms with Crippen LogP contribution in [0, 0.1) is 0 Å². The van der Waals surface area contributed by atoms with Crippen LogP contribution < -0.4 is 14.8 Å². The minimum atomic E-state index is -0.413. The molecule has 3 heteroatoms. The van der Waals surface area contributed by atoms with Crippen molar-refractivity contribution in [3.63, 3.8) is 0 Å². The van der Waals surface area contributed by atoms with E-state index in [0.29, 0.717) is 0 Å². The van der Waals surface area contributed by atoms with Gasteiger partial charge in [0.1, 0.15) is 0 Å². The third kappa shape index (κ3) is 1.00. The lowest BCUT2D eigenvalue weighted by atomic mass is 10.2. The third-order valence-corrected chi connectivity index (χ3v) is 2.52. The normalized spacial score (nSPS) is 22.5. The van der Waals surface area contributed by atoms with E-state index in [1.54, 1.807) is 0 Å². The summed E-state index contributed by atoms with van der Waals surface area (Å²) in [6.07, 6.45) is 0.918. The summed E-state index contributed by atoms with van der Waals surface area (Å²) in [4.78, 5) is 0. The number of hydrogen-bond acceptors (Lipinski definition) is 3. The molecule has 2 aliphatic rings. The van der Waals surface area contributed by atoms with E-state index >= 15 is 0 Å². The van der Waals surface area contributed by atoms with E-state index in [9.17, 15) is 0 Å². The molecular weight excluding hydrogens is 166 g/mol. The van der Waals surface area contributed by atoms with Crippen LogP contribution in [0.1, 0.15) is 6.42 Å². The van der Waals surface area contributed by atoms with E-state index in [-0.39, 0.29) is 0 Å². The molecule has 0 aliphatic carbocycles. The minimum Gasteiger partial charge on any atom is -0.447 e. The van der Waals surface area contributed by atoms with Crippen molar-refractivity contribution in [2.24, 2.45) is 0 Å². The number of benzene rings is 1. The number of para-hydroxylation sites is 2. The molecule has 3 rings (SSSR count). The highest BCUT2D eigenvalue weighted by Crippen LogP contribution is 2.41. The number of hydrogen-bond donors (Lipinski definition) is 1. The van der Waals surface area contributed by atoms with Crippen LogP contribution >= 0.6 is 0 Å². The summed E-state index contributed by atoms with van der Waals surface area (Å²) in [5.74, 6) is 1.32. The number of fused-ring (bicyclic) bond motifs is 1. The standard InChI is InChI=1S/C10H11NO2/c1-2-4-9-8(3-1)12-10(13-9)5-6-11-7-10/h1-4,11H,5-7H2. The van der Waals surface area contributed by atoms with Gasteiger partial charge in [-0.05, 0) is 12.1 Å². The highest BCUT2D eigenvalue weighted by molar-refractivity contribution is 5.43. The van der Waals surface area contributed by atoms with Gasteiger partial charge in [-0.25, -0.2) is 0 Å². The van der Waals surface area contributed by atoms with Gasteiger partial charge in [0.15, 0.2) is 11.5 Å². The summed E-state index contributed by atoms with van der Waals surface area (Å²) in [5.41, 5.74) is 0. The highest BCUT2D eigenvalue weighted by atomic mass is 16.7. The maximum atomic E-state index is 5.77. The molecule has 1 aromatic rings. The Kier molecular flexibility index (Phi) is 1.32. The number of rotatable bonds is 0. The van der Waals surface area contributed by atoms with Crippen molar-refractivity contribution in [2.45, 2.75) is 12.2 Å².